The molecule has 0 heterocycles. The smallest absolute Gasteiger partial charge is 0.329 e. The van der Waals surface area contributed by atoms with Crippen LogP contribution in [0.3, 0.4) is 0 Å². The molecule has 1 aromatic rings. The predicted molar refractivity (Wildman–Crippen MR) is 70.2 cm³/mol. The summed E-state index contributed by atoms with van der Waals surface area (Å²) in [5, 5.41) is 12.5. The Morgan fingerprint density at radius 2 is 1.94 bits per heavy atom. The fourth-order valence-electron chi connectivity index (χ4n) is 1.64. The third-order valence-electron chi connectivity index (χ3n) is 2.89. The lowest BCUT2D eigenvalue weighted by atomic mass is 9.91. The zero-order valence-electron chi connectivity index (χ0n) is 10.7. The summed E-state index contributed by atoms with van der Waals surface area (Å²) >= 11 is 0. The summed E-state index contributed by atoms with van der Waals surface area (Å²) in [6.07, 6.45) is 1.51. The van der Waals surface area contributed by atoms with E-state index in [9.17, 15) is 9.90 Å². The van der Waals surface area contributed by atoms with E-state index in [1.165, 1.54) is 0 Å². The molecule has 0 aliphatic rings. The van der Waals surface area contributed by atoms with Crippen molar-refractivity contribution in [2.75, 3.05) is 5.32 Å². The Balaban J connectivity index is 2.75. The Morgan fingerprint density at radius 3 is 2.41 bits per heavy atom. The molecule has 1 rings (SSSR count). The minimum absolute atomic E-state index is 0.506. The number of aliphatic carboxylic acids is 1. The van der Waals surface area contributed by atoms with Crippen LogP contribution in [0.2, 0.25) is 0 Å². The number of rotatable bonds is 6. The van der Waals surface area contributed by atoms with Gasteiger partial charge in [0.15, 0.2) is 0 Å². The number of carboxylic acid groups (broad SMARTS) is 1. The molecule has 0 radical (unpaired) electrons. The minimum Gasteiger partial charge on any atom is -0.480 e. The molecule has 0 spiro atoms. The zero-order valence-corrected chi connectivity index (χ0v) is 10.7. The summed E-state index contributed by atoms with van der Waals surface area (Å²) in [7, 11) is 0. The first-order valence-corrected chi connectivity index (χ1v) is 6.00. The molecule has 0 aromatic heterocycles. The fraction of sp³-hybridized carbons (Fsp3) is 0.500. The monoisotopic (exact) mass is 235 g/mol. The van der Waals surface area contributed by atoms with Crippen LogP contribution >= 0.6 is 0 Å². The fourth-order valence-corrected chi connectivity index (χ4v) is 1.64. The van der Waals surface area contributed by atoms with Gasteiger partial charge >= 0.3 is 5.97 Å². The summed E-state index contributed by atoms with van der Waals surface area (Å²) < 4.78 is 0. The molecule has 0 aliphatic carbocycles. The molecule has 1 aromatic carbocycles. The molecule has 94 valence electrons. The standard InChI is InChI=1S/C14H21NO2/c1-11(2)9-10-14(3,13(16)17)15-12-7-5-4-6-8-12/h4-8,11,15H,9-10H2,1-3H3,(H,16,17). The van der Waals surface area contributed by atoms with E-state index in [1.54, 1.807) is 6.92 Å². The molecule has 0 bridgehead atoms. The largest absolute Gasteiger partial charge is 0.480 e. The minimum atomic E-state index is -0.897. The lowest BCUT2D eigenvalue weighted by molar-refractivity contribution is -0.142. The summed E-state index contributed by atoms with van der Waals surface area (Å²) in [5.74, 6) is -0.298. The molecule has 0 saturated heterocycles. The van der Waals surface area contributed by atoms with Crippen molar-refractivity contribution in [1.29, 1.82) is 0 Å². The van der Waals surface area contributed by atoms with Crippen LogP contribution in [0.5, 0.6) is 0 Å². The quantitative estimate of drug-likeness (QED) is 0.794. The highest BCUT2D eigenvalue weighted by atomic mass is 16.4. The SMILES string of the molecule is CC(C)CCC(C)(Nc1ccccc1)C(=O)O. The number of carboxylic acids is 1. The van der Waals surface area contributed by atoms with Gasteiger partial charge in [-0.2, -0.15) is 0 Å². The molecule has 1 atom stereocenters. The van der Waals surface area contributed by atoms with Crippen molar-refractivity contribution in [3.63, 3.8) is 0 Å². The molecule has 0 fully saturated rings. The Hall–Kier alpha value is -1.51. The van der Waals surface area contributed by atoms with Crippen molar-refractivity contribution in [2.45, 2.75) is 39.2 Å². The molecule has 0 aliphatic heterocycles. The van der Waals surface area contributed by atoms with Gasteiger partial charge in [-0.3, -0.25) is 0 Å². The van der Waals surface area contributed by atoms with E-state index in [4.69, 9.17) is 0 Å². The molecule has 0 saturated carbocycles. The summed E-state index contributed by atoms with van der Waals surface area (Å²) in [5.41, 5.74) is -0.0489. The molecular weight excluding hydrogens is 214 g/mol. The lowest BCUT2D eigenvalue weighted by Gasteiger charge is -2.28. The third-order valence-corrected chi connectivity index (χ3v) is 2.89. The topological polar surface area (TPSA) is 49.3 Å². The molecule has 3 nitrogen and oxygen atoms in total. The van der Waals surface area contributed by atoms with Gasteiger partial charge in [-0.15, -0.1) is 0 Å². The van der Waals surface area contributed by atoms with E-state index in [0.717, 1.165) is 12.1 Å². The van der Waals surface area contributed by atoms with Gasteiger partial charge in [0, 0.05) is 5.69 Å². The predicted octanol–water partition coefficient (Wildman–Crippen LogP) is 3.38. The Kier molecular flexibility index (Phi) is 4.55. The van der Waals surface area contributed by atoms with E-state index in [0.29, 0.717) is 12.3 Å². The first-order chi connectivity index (χ1) is 7.94. The first-order valence-electron chi connectivity index (χ1n) is 6.00. The maximum absolute atomic E-state index is 11.4. The molecule has 0 amide bonds. The van der Waals surface area contributed by atoms with E-state index in [1.807, 2.05) is 30.3 Å². The molecule has 17 heavy (non-hydrogen) atoms. The highest BCUT2D eigenvalue weighted by Crippen LogP contribution is 2.22. The number of hydrogen-bond donors (Lipinski definition) is 2. The first kappa shape index (κ1) is 13.6. The average molecular weight is 235 g/mol. The second kappa shape index (κ2) is 5.71. The van der Waals surface area contributed by atoms with Gasteiger partial charge in [0.2, 0.25) is 0 Å². The van der Waals surface area contributed by atoms with Crippen molar-refractivity contribution in [3.8, 4) is 0 Å². The molecule has 2 N–H and O–H groups in total. The average Bonchev–Trinajstić information content (AvgIpc) is 2.27. The van der Waals surface area contributed by atoms with Gasteiger partial charge in [0.25, 0.3) is 0 Å². The van der Waals surface area contributed by atoms with Crippen molar-refractivity contribution in [1.82, 2.24) is 0 Å². The molecule has 3 heteroatoms. The van der Waals surface area contributed by atoms with Gasteiger partial charge in [0.1, 0.15) is 5.54 Å². The number of para-hydroxylation sites is 1. The van der Waals surface area contributed by atoms with Crippen LogP contribution in [0.1, 0.15) is 33.6 Å². The van der Waals surface area contributed by atoms with Crippen LogP contribution in [0.4, 0.5) is 5.69 Å². The summed E-state index contributed by atoms with van der Waals surface area (Å²) in [6, 6.07) is 9.48. The van der Waals surface area contributed by atoms with Gasteiger partial charge < -0.3 is 10.4 Å². The van der Waals surface area contributed by atoms with Gasteiger partial charge in [-0.1, -0.05) is 32.0 Å². The van der Waals surface area contributed by atoms with Crippen LogP contribution in [0.15, 0.2) is 30.3 Å². The number of benzene rings is 1. The highest BCUT2D eigenvalue weighted by Gasteiger charge is 2.32. The van der Waals surface area contributed by atoms with Crippen molar-refractivity contribution < 1.29 is 9.90 Å². The van der Waals surface area contributed by atoms with Crippen molar-refractivity contribution in [3.05, 3.63) is 30.3 Å². The van der Waals surface area contributed by atoms with Crippen LogP contribution in [0, 0.1) is 5.92 Å². The Morgan fingerprint density at radius 1 is 1.35 bits per heavy atom. The zero-order chi connectivity index (χ0) is 12.9. The summed E-state index contributed by atoms with van der Waals surface area (Å²) in [6.45, 7) is 5.94. The van der Waals surface area contributed by atoms with E-state index in [2.05, 4.69) is 19.2 Å². The second-order valence-electron chi connectivity index (χ2n) is 5.06. The molecule has 1 unspecified atom stereocenters. The van der Waals surface area contributed by atoms with Gasteiger partial charge in [-0.25, -0.2) is 4.79 Å². The maximum Gasteiger partial charge on any atom is 0.329 e. The second-order valence-corrected chi connectivity index (χ2v) is 5.06. The molecular formula is C14H21NO2. The van der Waals surface area contributed by atoms with E-state index < -0.39 is 11.5 Å². The number of nitrogens with one attached hydrogen (secondary N) is 1. The highest BCUT2D eigenvalue weighted by molar-refractivity contribution is 5.82. The lowest BCUT2D eigenvalue weighted by Crippen LogP contribution is -2.43. The van der Waals surface area contributed by atoms with E-state index >= 15 is 0 Å². The number of anilines is 1. The van der Waals surface area contributed by atoms with Crippen molar-refractivity contribution in [2.24, 2.45) is 5.92 Å². The Bertz CT molecular complexity index is 362. The summed E-state index contributed by atoms with van der Waals surface area (Å²) in [4.78, 5) is 11.4. The van der Waals surface area contributed by atoms with Crippen LogP contribution in [-0.2, 0) is 4.79 Å². The Labute approximate surface area is 103 Å². The van der Waals surface area contributed by atoms with Crippen molar-refractivity contribution >= 4 is 11.7 Å². The van der Waals surface area contributed by atoms with Crippen LogP contribution in [-0.4, -0.2) is 16.6 Å². The van der Waals surface area contributed by atoms with Gasteiger partial charge in [0.05, 0.1) is 0 Å². The van der Waals surface area contributed by atoms with E-state index in [-0.39, 0.29) is 0 Å². The number of carbonyl (C=O) groups is 1. The van der Waals surface area contributed by atoms with Crippen LogP contribution < -0.4 is 5.32 Å². The van der Waals surface area contributed by atoms with Crippen LogP contribution in [0.25, 0.3) is 0 Å². The number of hydrogen-bond acceptors (Lipinski definition) is 2. The maximum atomic E-state index is 11.4. The normalized spacial score (nSPS) is 14.4. The third kappa shape index (κ3) is 4.10. The van der Waals surface area contributed by atoms with Gasteiger partial charge in [-0.05, 0) is 37.8 Å².